The van der Waals surface area contributed by atoms with Gasteiger partial charge in [-0.25, -0.2) is 4.57 Å². The summed E-state index contributed by atoms with van der Waals surface area (Å²) in [4.78, 5) is 35.4. The molecule has 310 valence electrons. The summed E-state index contributed by atoms with van der Waals surface area (Å²) in [5.74, 6) is 0.0209. The van der Waals surface area contributed by atoms with E-state index in [-0.39, 0.29) is 51.6 Å². The van der Waals surface area contributed by atoms with E-state index in [4.69, 9.17) is 24.0 Å². The van der Waals surface area contributed by atoms with E-state index in [0.29, 0.717) is 35.7 Å². The molecule has 0 rings (SSSR count). The number of phosphoric ester groups is 1. The van der Waals surface area contributed by atoms with Crippen molar-refractivity contribution in [1.82, 2.24) is 0 Å². The van der Waals surface area contributed by atoms with Crippen LogP contribution in [0.1, 0.15) is 200 Å². The third kappa shape index (κ3) is 38.7. The molecule has 52 heavy (non-hydrogen) atoms. The van der Waals surface area contributed by atoms with E-state index in [0.717, 1.165) is 116 Å². The minimum absolute atomic E-state index is 0.00526. The largest absolute Gasteiger partial charge is 0.472 e. The SMILES string of the molecule is [2H]C(CCCCCCCCCCC(=O)OC[C@H](COP(=O)(O)OCC[N+](C)(C)C)OC(=O)CCCCCCCCCCC([2H])C([2H])CC(C)C)C([2H])CC(C)C. The Morgan fingerprint density at radius 2 is 1.00 bits per heavy atom. The third-order valence-corrected chi connectivity index (χ3v) is 9.70. The molecule has 0 fully saturated rings. The summed E-state index contributed by atoms with van der Waals surface area (Å²) in [5.41, 5.74) is 0. The van der Waals surface area contributed by atoms with Crippen molar-refractivity contribution in [2.75, 3.05) is 47.5 Å². The summed E-state index contributed by atoms with van der Waals surface area (Å²) in [5, 5.41) is 0. The van der Waals surface area contributed by atoms with Crippen LogP contribution in [0.25, 0.3) is 0 Å². The summed E-state index contributed by atoms with van der Waals surface area (Å²) < 4.78 is 66.8. The van der Waals surface area contributed by atoms with Gasteiger partial charge in [0.05, 0.1) is 27.7 Å². The van der Waals surface area contributed by atoms with Crippen molar-refractivity contribution in [3.8, 4) is 0 Å². The fraction of sp³-hybridized carbons (Fsp3) is 0.952. The lowest BCUT2D eigenvalue weighted by Gasteiger charge is -2.24. The van der Waals surface area contributed by atoms with Gasteiger partial charge in [0.25, 0.3) is 0 Å². The average Bonchev–Trinajstić information content (AvgIpc) is 3.09. The Hall–Kier alpha value is -0.990. The fourth-order valence-corrected chi connectivity index (χ4v) is 6.16. The summed E-state index contributed by atoms with van der Waals surface area (Å²) in [6.07, 6.45) is 17.3. The molecule has 0 radical (unpaired) electrons. The number of nitrogens with zero attached hydrogens (tertiary/aromatic N) is 1. The van der Waals surface area contributed by atoms with Gasteiger partial charge in [0.2, 0.25) is 0 Å². The van der Waals surface area contributed by atoms with Gasteiger partial charge in [-0.1, -0.05) is 169 Å². The Balaban J connectivity index is 4.46. The second-order valence-corrected chi connectivity index (χ2v) is 17.8. The number of carbonyl (C=O) groups is 2. The molecule has 0 amide bonds. The molecule has 0 aliphatic carbocycles. The number of likely N-dealkylation sites (N-methyl/N-ethyl adjacent to an activating group) is 1. The molecule has 0 saturated carbocycles. The molecule has 1 N–H and O–H groups in total. The van der Waals surface area contributed by atoms with Crippen LogP contribution in [0.4, 0.5) is 0 Å². The highest BCUT2D eigenvalue weighted by molar-refractivity contribution is 7.47. The van der Waals surface area contributed by atoms with Crippen LogP contribution in [0.2, 0.25) is 0 Å². The molecule has 0 aromatic heterocycles. The zero-order valence-corrected chi connectivity index (χ0v) is 35.5. The molecule has 0 aliphatic heterocycles. The lowest BCUT2D eigenvalue weighted by atomic mass is 10.0. The van der Waals surface area contributed by atoms with Crippen molar-refractivity contribution < 1.29 is 47.5 Å². The summed E-state index contributed by atoms with van der Waals surface area (Å²) in [7, 11) is 1.38. The first kappa shape index (κ1) is 43.7. The van der Waals surface area contributed by atoms with Crippen LogP contribution >= 0.6 is 7.82 Å². The van der Waals surface area contributed by atoms with Crippen molar-refractivity contribution in [3.05, 3.63) is 0 Å². The molecule has 0 heterocycles. The monoisotopic (exact) mass is 767 g/mol. The van der Waals surface area contributed by atoms with E-state index >= 15 is 0 Å². The van der Waals surface area contributed by atoms with Crippen molar-refractivity contribution in [2.24, 2.45) is 11.8 Å². The minimum Gasteiger partial charge on any atom is -0.462 e. The second-order valence-electron chi connectivity index (χ2n) is 16.3. The standard InChI is InChI=1S/C42H84NO8P/c1-38(2)30-26-22-18-14-10-8-12-16-20-24-28-32-41(44)48-36-40(37-50-52(46,47)49-35-34-43(5,6)7)51-42(45)33-29-25-21-17-13-9-11-15-19-23-27-31-39(3)4/h38-40H,8-37H2,1-7H3/p+1/t40-/m1/s1/i22D,23D,26D,27D/t22?,23?,26?,27?,40-. The molecule has 0 saturated heterocycles. The molecular formula is C42H85NO8P+. The van der Waals surface area contributed by atoms with Gasteiger partial charge < -0.3 is 18.9 Å². The van der Waals surface area contributed by atoms with E-state index in [1.54, 1.807) is 0 Å². The van der Waals surface area contributed by atoms with Crippen LogP contribution in [-0.4, -0.2) is 74.9 Å². The normalized spacial score (nSPS) is 17.3. The predicted molar refractivity (Wildman–Crippen MR) is 215 cm³/mol. The van der Waals surface area contributed by atoms with Crippen LogP contribution in [0.15, 0.2) is 0 Å². The lowest BCUT2D eigenvalue weighted by molar-refractivity contribution is -0.870. The van der Waals surface area contributed by atoms with Crippen LogP contribution in [0.5, 0.6) is 0 Å². The lowest BCUT2D eigenvalue weighted by Crippen LogP contribution is -2.37. The molecule has 6 atom stereocenters. The molecular weight excluding hydrogens is 677 g/mol. The number of phosphoric acid groups is 1. The molecule has 10 heteroatoms. The quantitative estimate of drug-likeness (QED) is 0.0286. The van der Waals surface area contributed by atoms with Crippen LogP contribution in [-0.2, 0) is 32.7 Å². The number of quaternary nitrogens is 1. The first-order valence-corrected chi connectivity index (χ1v) is 22.3. The Bertz CT molecular complexity index is 1040. The number of carbonyl (C=O) groups excluding carboxylic acids is 2. The van der Waals surface area contributed by atoms with Crippen molar-refractivity contribution in [2.45, 2.75) is 201 Å². The first-order chi connectivity index (χ1) is 26.3. The Morgan fingerprint density at radius 1 is 0.596 bits per heavy atom. The van der Waals surface area contributed by atoms with E-state index in [2.05, 4.69) is 27.7 Å². The predicted octanol–water partition coefficient (Wildman–Crippen LogP) is 11.7. The van der Waals surface area contributed by atoms with Crippen molar-refractivity contribution in [1.29, 1.82) is 0 Å². The highest BCUT2D eigenvalue weighted by atomic mass is 31.2. The van der Waals surface area contributed by atoms with Gasteiger partial charge in [0.15, 0.2) is 6.10 Å². The van der Waals surface area contributed by atoms with Gasteiger partial charge in [-0.3, -0.25) is 18.6 Å². The smallest absolute Gasteiger partial charge is 0.462 e. The number of rotatable bonds is 38. The van der Waals surface area contributed by atoms with Crippen LogP contribution in [0.3, 0.4) is 0 Å². The highest BCUT2D eigenvalue weighted by Gasteiger charge is 2.27. The molecule has 0 aliphatic rings. The van der Waals surface area contributed by atoms with E-state index in [1.807, 2.05) is 21.1 Å². The molecule has 0 aromatic carbocycles. The van der Waals surface area contributed by atoms with E-state index in [1.165, 1.54) is 0 Å². The fourth-order valence-electron chi connectivity index (χ4n) is 5.42. The van der Waals surface area contributed by atoms with Gasteiger partial charge >= 0.3 is 19.8 Å². The number of ether oxygens (including phenoxy) is 2. The summed E-state index contributed by atoms with van der Waals surface area (Å²) in [6, 6.07) is 0. The topological polar surface area (TPSA) is 108 Å². The zero-order chi connectivity index (χ0) is 42.4. The second kappa shape index (κ2) is 33.4. The molecule has 5 unspecified atom stereocenters. The molecule has 0 spiro atoms. The maximum Gasteiger partial charge on any atom is 0.472 e. The van der Waals surface area contributed by atoms with E-state index in [9.17, 15) is 19.0 Å². The average molecular weight is 767 g/mol. The van der Waals surface area contributed by atoms with Crippen LogP contribution in [0, 0.1) is 11.8 Å². The molecule has 0 bridgehead atoms. The van der Waals surface area contributed by atoms with Crippen molar-refractivity contribution in [3.63, 3.8) is 0 Å². The summed E-state index contributed by atoms with van der Waals surface area (Å²) in [6.45, 7) is 8.18. The van der Waals surface area contributed by atoms with Crippen molar-refractivity contribution >= 4 is 19.8 Å². The number of unbranched alkanes of at least 4 members (excludes halogenated alkanes) is 14. The Labute approximate surface area is 326 Å². The third-order valence-electron chi connectivity index (χ3n) is 8.72. The molecule has 9 nitrogen and oxygen atoms in total. The molecule has 0 aromatic rings. The van der Waals surface area contributed by atoms with Crippen LogP contribution < -0.4 is 0 Å². The zero-order valence-electron chi connectivity index (χ0n) is 38.6. The first-order valence-electron chi connectivity index (χ1n) is 23.1. The Kier molecular flexibility index (Phi) is 28.1. The van der Waals surface area contributed by atoms with E-state index < -0.39 is 32.5 Å². The summed E-state index contributed by atoms with van der Waals surface area (Å²) >= 11 is 0. The minimum atomic E-state index is -4.41. The van der Waals surface area contributed by atoms with Gasteiger partial charge in [-0.2, -0.15) is 0 Å². The highest BCUT2D eigenvalue weighted by Crippen LogP contribution is 2.43. The van der Waals surface area contributed by atoms with Gasteiger partial charge in [0.1, 0.15) is 19.8 Å². The number of hydrogen-bond donors (Lipinski definition) is 1. The number of hydrogen-bond acceptors (Lipinski definition) is 7. The number of esters is 2. The maximum atomic E-state index is 12.7. The van der Waals surface area contributed by atoms with Gasteiger partial charge in [-0.05, 0) is 24.7 Å². The van der Waals surface area contributed by atoms with Gasteiger partial charge in [-0.15, -0.1) is 0 Å². The maximum absolute atomic E-state index is 12.7. The van der Waals surface area contributed by atoms with Gasteiger partial charge in [0, 0.05) is 18.3 Å². The Morgan fingerprint density at radius 3 is 1.42 bits per heavy atom.